The first-order valence-corrected chi connectivity index (χ1v) is 5.13. The second-order valence-electron chi connectivity index (χ2n) is 3.34. The zero-order chi connectivity index (χ0) is 10.9. The van der Waals surface area contributed by atoms with Gasteiger partial charge in [-0.05, 0) is 30.7 Å². The maximum atomic E-state index is 10.6. The third-order valence-corrected chi connectivity index (χ3v) is 2.02. The summed E-state index contributed by atoms with van der Waals surface area (Å²) in [7, 11) is 0. The van der Waals surface area contributed by atoms with Gasteiger partial charge in [0, 0.05) is 32.4 Å². The number of amides is 1. The summed E-state index contributed by atoms with van der Waals surface area (Å²) in [6.07, 6.45) is 4.59. The van der Waals surface area contributed by atoms with E-state index in [4.69, 9.17) is 0 Å². The van der Waals surface area contributed by atoms with Gasteiger partial charge >= 0.3 is 0 Å². The van der Waals surface area contributed by atoms with E-state index in [1.165, 1.54) is 12.5 Å². The Bertz CT molecular complexity index is 287. The van der Waals surface area contributed by atoms with Crippen molar-refractivity contribution < 1.29 is 4.79 Å². The lowest BCUT2D eigenvalue weighted by Crippen LogP contribution is -2.31. The average molecular weight is 207 g/mol. The van der Waals surface area contributed by atoms with Crippen molar-refractivity contribution in [1.82, 2.24) is 15.6 Å². The molecule has 2 N–H and O–H groups in total. The zero-order valence-electron chi connectivity index (χ0n) is 8.99. The highest BCUT2D eigenvalue weighted by Crippen LogP contribution is 1.95. The fourth-order valence-electron chi connectivity index (χ4n) is 1.23. The van der Waals surface area contributed by atoms with Gasteiger partial charge in [0.15, 0.2) is 0 Å². The molecule has 0 saturated heterocycles. The lowest BCUT2D eigenvalue weighted by Gasteiger charge is -2.04. The second kappa shape index (κ2) is 6.95. The van der Waals surface area contributed by atoms with Gasteiger partial charge in [-0.2, -0.15) is 0 Å². The van der Waals surface area contributed by atoms with E-state index in [2.05, 4.69) is 15.6 Å². The fourth-order valence-corrected chi connectivity index (χ4v) is 1.23. The third kappa shape index (κ3) is 5.80. The Morgan fingerprint density at radius 2 is 2.00 bits per heavy atom. The Kier molecular flexibility index (Phi) is 5.40. The quantitative estimate of drug-likeness (QED) is 0.662. The maximum Gasteiger partial charge on any atom is 0.216 e. The van der Waals surface area contributed by atoms with Crippen LogP contribution in [0.15, 0.2) is 24.5 Å². The van der Waals surface area contributed by atoms with E-state index in [0.717, 1.165) is 19.5 Å². The van der Waals surface area contributed by atoms with Crippen molar-refractivity contribution in [3.05, 3.63) is 30.1 Å². The minimum Gasteiger partial charge on any atom is -0.355 e. The van der Waals surface area contributed by atoms with E-state index in [9.17, 15) is 4.79 Å². The van der Waals surface area contributed by atoms with Gasteiger partial charge in [0.25, 0.3) is 0 Å². The van der Waals surface area contributed by atoms with Gasteiger partial charge in [0.05, 0.1) is 0 Å². The summed E-state index contributed by atoms with van der Waals surface area (Å²) >= 11 is 0. The number of hydrogen-bond donors (Lipinski definition) is 2. The predicted molar refractivity (Wildman–Crippen MR) is 59.5 cm³/mol. The van der Waals surface area contributed by atoms with E-state index in [1.54, 1.807) is 12.4 Å². The van der Waals surface area contributed by atoms with Gasteiger partial charge in [-0.15, -0.1) is 0 Å². The molecule has 0 saturated carbocycles. The number of hydrogen-bond acceptors (Lipinski definition) is 3. The van der Waals surface area contributed by atoms with Crippen molar-refractivity contribution in [3.63, 3.8) is 0 Å². The van der Waals surface area contributed by atoms with Gasteiger partial charge < -0.3 is 10.6 Å². The highest BCUT2D eigenvalue weighted by atomic mass is 16.1. The molecule has 82 valence electrons. The van der Waals surface area contributed by atoms with Gasteiger partial charge in [0.1, 0.15) is 0 Å². The molecule has 0 bridgehead atoms. The van der Waals surface area contributed by atoms with Gasteiger partial charge in [-0.3, -0.25) is 9.78 Å². The predicted octanol–water partition coefficient (Wildman–Crippen LogP) is 0.350. The molecular weight excluding hydrogens is 190 g/mol. The van der Waals surface area contributed by atoms with Crippen LogP contribution in [0, 0.1) is 0 Å². The number of carbonyl (C=O) groups is 1. The molecule has 0 aliphatic heterocycles. The summed E-state index contributed by atoms with van der Waals surface area (Å²) in [5.41, 5.74) is 1.28. The largest absolute Gasteiger partial charge is 0.355 e. The van der Waals surface area contributed by atoms with Crippen molar-refractivity contribution in [2.24, 2.45) is 0 Å². The molecule has 0 unspecified atom stereocenters. The monoisotopic (exact) mass is 207 g/mol. The van der Waals surface area contributed by atoms with Crippen LogP contribution in [0.2, 0.25) is 0 Å². The fraction of sp³-hybridized carbons (Fsp3) is 0.455. The highest BCUT2D eigenvalue weighted by molar-refractivity contribution is 5.72. The first kappa shape index (κ1) is 11.7. The molecule has 1 amide bonds. The Labute approximate surface area is 90.1 Å². The molecular formula is C11H17N3O. The van der Waals surface area contributed by atoms with Crippen LogP contribution in [0.5, 0.6) is 0 Å². The summed E-state index contributed by atoms with van der Waals surface area (Å²) < 4.78 is 0. The summed E-state index contributed by atoms with van der Waals surface area (Å²) in [6, 6.07) is 4.02. The number of pyridine rings is 1. The normalized spacial score (nSPS) is 9.93. The molecule has 4 heteroatoms. The van der Waals surface area contributed by atoms with E-state index < -0.39 is 0 Å². The number of nitrogens with one attached hydrogen (secondary N) is 2. The Hall–Kier alpha value is -1.42. The van der Waals surface area contributed by atoms with Gasteiger partial charge in [-0.25, -0.2) is 0 Å². The molecule has 0 aromatic carbocycles. The molecule has 0 spiro atoms. The van der Waals surface area contributed by atoms with Crippen LogP contribution in [0.3, 0.4) is 0 Å². The van der Waals surface area contributed by atoms with E-state index in [0.29, 0.717) is 6.54 Å². The third-order valence-electron chi connectivity index (χ3n) is 2.02. The molecule has 1 rings (SSSR count). The smallest absolute Gasteiger partial charge is 0.216 e. The molecule has 1 heterocycles. The van der Waals surface area contributed by atoms with Crippen molar-refractivity contribution >= 4 is 5.91 Å². The van der Waals surface area contributed by atoms with E-state index >= 15 is 0 Å². The SMILES string of the molecule is CC(=O)NCCNCCc1ccncc1. The molecule has 0 radical (unpaired) electrons. The number of rotatable bonds is 6. The highest BCUT2D eigenvalue weighted by Gasteiger charge is 1.92. The van der Waals surface area contributed by atoms with Crippen molar-refractivity contribution in [2.75, 3.05) is 19.6 Å². The molecule has 0 fully saturated rings. The number of nitrogens with zero attached hydrogens (tertiary/aromatic N) is 1. The summed E-state index contributed by atoms with van der Waals surface area (Å²) in [6.45, 7) is 3.94. The van der Waals surface area contributed by atoms with Crippen molar-refractivity contribution in [3.8, 4) is 0 Å². The maximum absolute atomic E-state index is 10.6. The van der Waals surface area contributed by atoms with Crippen LogP contribution < -0.4 is 10.6 Å². The molecule has 0 atom stereocenters. The minimum absolute atomic E-state index is 0.0194. The molecule has 1 aromatic heterocycles. The number of aromatic nitrogens is 1. The molecule has 0 aliphatic rings. The lowest BCUT2D eigenvalue weighted by atomic mass is 10.2. The topological polar surface area (TPSA) is 54.0 Å². The van der Waals surface area contributed by atoms with Crippen LogP contribution in [-0.4, -0.2) is 30.5 Å². The average Bonchev–Trinajstić information content (AvgIpc) is 2.24. The van der Waals surface area contributed by atoms with Crippen LogP contribution in [0.25, 0.3) is 0 Å². The first-order valence-electron chi connectivity index (χ1n) is 5.13. The van der Waals surface area contributed by atoms with Crippen LogP contribution >= 0.6 is 0 Å². The van der Waals surface area contributed by atoms with Crippen molar-refractivity contribution in [2.45, 2.75) is 13.3 Å². The van der Waals surface area contributed by atoms with Crippen LogP contribution in [-0.2, 0) is 11.2 Å². The first-order chi connectivity index (χ1) is 7.29. The molecule has 0 aliphatic carbocycles. The molecule has 1 aromatic rings. The Balaban J connectivity index is 2.00. The van der Waals surface area contributed by atoms with Gasteiger partial charge in [0.2, 0.25) is 5.91 Å². The summed E-state index contributed by atoms with van der Waals surface area (Å²) in [5, 5.41) is 5.99. The Morgan fingerprint density at radius 1 is 1.27 bits per heavy atom. The second-order valence-corrected chi connectivity index (χ2v) is 3.34. The standard InChI is InChI=1S/C11H17N3O/c1-10(15)14-9-8-13-7-4-11-2-5-12-6-3-11/h2-3,5-6,13H,4,7-9H2,1H3,(H,14,15). The van der Waals surface area contributed by atoms with Gasteiger partial charge in [-0.1, -0.05) is 0 Å². The van der Waals surface area contributed by atoms with Crippen LogP contribution in [0.1, 0.15) is 12.5 Å². The molecule has 15 heavy (non-hydrogen) atoms. The van der Waals surface area contributed by atoms with E-state index in [-0.39, 0.29) is 5.91 Å². The zero-order valence-corrected chi connectivity index (χ0v) is 8.99. The summed E-state index contributed by atoms with van der Waals surface area (Å²) in [5.74, 6) is 0.0194. The lowest BCUT2D eigenvalue weighted by molar-refractivity contribution is -0.118. The summed E-state index contributed by atoms with van der Waals surface area (Å²) in [4.78, 5) is 14.5. The number of carbonyl (C=O) groups excluding carboxylic acids is 1. The molecule has 4 nitrogen and oxygen atoms in total. The van der Waals surface area contributed by atoms with Crippen LogP contribution in [0.4, 0.5) is 0 Å². The Morgan fingerprint density at radius 3 is 2.67 bits per heavy atom. The minimum atomic E-state index is 0.0194. The van der Waals surface area contributed by atoms with E-state index in [1.807, 2.05) is 12.1 Å². The van der Waals surface area contributed by atoms with Crippen molar-refractivity contribution in [1.29, 1.82) is 0 Å².